The van der Waals surface area contributed by atoms with Crippen LogP contribution in [0.25, 0.3) is 0 Å². The molecule has 1 heterocycles. The summed E-state index contributed by atoms with van der Waals surface area (Å²) in [4.78, 5) is 3.82. The lowest BCUT2D eigenvalue weighted by molar-refractivity contribution is 0.115. The highest BCUT2D eigenvalue weighted by molar-refractivity contribution is 6.33. The molecule has 1 aromatic heterocycles. The van der Waals surface area contributed by atoms with Crippen molar-refractivity contribution in [3.05, 3.63) is 28.0 Å². The first-order valence-electron chi connectivity index (χ1n) is 3.84. The first-order valence-corrected chi connectivity index (χ1v) is 4.60. The van der Waals surface area contributed by atoms with Crippen LogP contribution in [0.4, 0.5) is 8.78 Å². The number of halogens is 4. The van der Waals surface area contributed by atoms with Gasteiger partial charge in [0.15, 0.2) is 0 Å². The quantitative estimate of drug-likeness (QED) is 0.825. The Morgan fingerprint density at radius 2 is 2.00 bits per heavy atom. The van der Waals surface area contributed by atoms with Gasteiger partial charge in [0, 0.05) is 17.1 Å². The highest BCUT2D eigenvalue weighted by Gasteiger charge is 2.16. The van der Waals surface area contributed by atoms with Crippen molar-refractivity contribution < 1.29 is 8.78 Å². The highest BCUT2D eigenvalue weighted by atomic mass is 35.5. The average molecular weight is 241 g/mol. The number of nitrogens with two attached hydrogens (primary N) is 1. The average Bonchev–Trinajstić information content (AvgIpc) is 2.01. The minimum atomic E-state index is -2.57. The summed E-state index contributed by atoms with van der Waals surface area (Å²) in [5.41, 5.74) is 5.54. The Labute approximate surface area is 90.0 Å². The Bertz CT molecular complexity index is 300. The van der Waals surface area contributed by atoms with E-state index in [1.807, 2.05) is 0 Å². The SMILES string of the molecule is NC(Cc1cc(Cl)cc(Cl)n1)C(F)F. The molecule has 0 bridgehead atoms. The molecule has 0 spiro atoms. The minimum absolute atomic E-state index is 0.0437. The molecule has 1 unspecified atom stereocenters. The zero-order chi connectivity index (χ0) is 10.7. The molecule has 1 rings (SSSR count). The molecule has 0 aliphatic carbocycles. The van der Waals surface area contributed by atoms with Crippen molar-refractivity contribution in [1.29, 1.82) is 0 Å². The predicted octanol–water partition coefficient (Wildman–Crippen LogP) is 2.52. The molecule has 0 fully saturated rings. The molecule has 0 radical (unpaired) electrons. The molecule has 6 heteroatoms. The van der Waals surface area contributed by atoms with E-state index in [4.69, 9.17) is 28.9 Å². The molecule has 0 aliphatic heterocycles. The number of aromatic nitrogens is 1. The fourth-order valence-electron chi connectivity index (χ4n) is 0.952. The molecule has 0 saturated heterocycles. The lowest BCUT2D eigenvalue weighted by Gasteiger charge is -2.09. The van der Waals surface area contributed by atoms with Crippen LogP contribution in [0, 0.1) is 0 Å². The van der Waals surface area contributed by atoms with Gasteiger partial charge in [-0.3, -0.25) is 0 Å². The van der Waals surface area contributed by atoms with E-state index in [1.165, 1.54) is 12.1 Å². The van der Waals surface area contributed by atoms with E-state index in [9.17, 15) is 8.78 Å². The summed E-state index contributed by atoms with van der Waals surface area (Å²) in [6.45, 7) is 0. The van der Waals surface area contributed by atoms with Gasteiger partial charge in [0.25, 0.3) is 6.43 Å². The third kappa shape index (κ3) is 3.36. The Hall–Kier alpha value is -0.450. The van der Waals surface area contributed by atoms with Crippen LogP contribution >= 0.6 is 23.2 Å². The second-order valence-electron chi connectivity index (χ2n) is 2.80. The Balaban J connectivity index is 2.76. The van der Waals surface area contributed by atoms with Crippen LogP contribution < -0.4 is 5.73 Å². The number of hydrogen-bond acceptors (Lipinski definition) is 2. The zero-order valence-electron chi connectivity index (χ0n) is 7.05. The third-order valence-corrected chi connectivity index (χ3v) is 1.99. The third-order valence-electron chi connectivity index (χ3n) is 1.58. The summed E-state index contributed by atoms with van der Waals surface area (Å²) >= 11 is 11.2. The van der Waals surface area contributed by atoms with Crippen LogP contribution in [0.5, 0.6) is 0 Å². The Morgan fingerprint density at radius 3 is 2.50 bits per heavy atom. The van der Waals surface area contributed by atoms with E-state index >= 15 is 0 Å². The van der Waals surface area contributed by atoms with Crippen molar-refractivity contribution in [3.63, 3.8) is 0 Å². The minimum Gasteiger partial charge on any atom is -0.323 e. The van der Waals surface area contributed by atoms with Gasteiger partial charge in [-0.2, -0.15) is 0 Å². The molecule has 0 saturated carbocycles. The van der Waals surface area contributed by atoms with Gasteiger partial charge in [-0.05, 0) is 12.1 Å². The number of rotatable bonds is 3. The smallest absolute Gasteiger partial charge is 0.253 e. The van der Waals surface area contributed by atoms with E-state index in [1.54, 1.807) is 0 Å². The first kappa shape index (κ1) is 11.6. The van der Waals surface area contributed by atoms with Crippen molar-refractivity contribution in [1.82, 2.24) is 4.98 Å². The van der Waals surface area contributed by atoms with Crippen LogP contribution in [0.1, 0.15) is 5.69 Å². The molecular formula is C8H8Cl2F2N2. The maximum atomic E-state index is 12.1. The van der Waals surface area contributed by atoms with E-state index in [-0.39, 0.29) is 11.6 Å². The van der Waals surface area contributed by atoms with Crippen LogP contribution in [-0.2, 0) is 6.42 Å². The van der Waals surface area contributed by atoms with Gasteiger partial charge in [0.05, 0.1) is 6.04 Å². The monoisotopic (exact) mass is 240 g/mol. The maximum Gasteiger partial charge on any atom is 0.253 e. The van der Waals surface area contributed by atoms with E-state index < -0.39 is 12.5 Å². The summed E-state index contributed by atoms with van der Waals surface area (Å²) in [7, 11) is 0. The summed E-state index contributed by atoms with van der Waals surface area (Å²) in [6, 6.07) is 1.66. The zero-order valence-corrected chi connectivity index (χ0v) is 8.56. The molecule has 14 heavy (non-hydrogen) atoms. The second-order valence-corrected chi connectivity index (χ2v) is 3.63. The molecule has 0 aromatic carbocycles. The van der Waals surface area contributed by atoms with Crippen molar-refractivity contribution in [2.75, 3.05) is 0 Å². The van der Waals surface area contributed by atoms with E-state index in [2.05, 4.69) is 4.98 Å². The molecule has 78 valence electrons. The fraction of sp³-hybridized carbons (Fsp3) is 0.375. The standard InChI is InChI=1S/C8H8Cl2F2N2/c9-4-1-5(14-7(10)2-4)3-6(13)8(11)12/h1-2,6,8H,3,13H2. The Morgan fingerprint density at radius 1 is 1.36 bits per heavy atom. The fourth-order valence-corrected chi connectivity index (χ4v) is 1.46. The largest absolute Gasteiger partial charge is 0.323 e. The van der Waals surface area contributed by atoms with Gasteiger partial charge in [0.1, 0.15) is 5.15 Å². The van der Waals surface area contributed by atoms with Crippen LogP contribution in [0.2, 0.25) is 10.2 Å². The first-order chi connectivity index (χ1) is 6.49. The van der Waals surface area contributed by atoms with Gasteiger partial charge in [0.2, 0.25) is 0 Å². The molecule has 0 amide bonds. The topological polar surface area (TPSA) is 38.9 Å². The van der Waals surface area contributed by atoms with Crippen LogP contribution in [0.3, 0.4) is 0 Å². The summed E-state index contributed by atoms with van der Waals surface area (Å²) in [5.74, 6) is 0. The van der Waals surface area contributed by atoms with Crippen molar-refractivity contribution in [3.8, 4) is 0 Å². The van der Waals surface area contributed by atoms with Gasteiger partial charge in [-0.25, -0.2) is 13.8 Å². The molecule has 0 aliphatic rings. The van der Waals surface area contributed by atoms with Crippen molar-refractivity contribution >= 4 is 23.2 Å². The number of alkyl halides is 2. The number of pyridine rings is 1. The summed E-state index contributed by atoms with van der Waals surface area (Å²) in [6.07, 6.45) is -2.62. The van der Waals surface area contributed by atoms with Crippen molar-refractivity contribution in [2.24, 2.45) is 5.73 Å². The predicted molar refractivity (Wildman–Crippen MR) is 51.9 cm³/mol. The second kappa shape index (κ2) is 4.87. The molecule has 2 N–H and O–H groups in total. The van der Waals surface area contributed by atoms with E-state index in [0.29, 0.717) is 10.7 Å². The summed E-state index contributed by atoms with van der Waals surface area (Å²) < 4.78 is 24.2. The lowest BCUT2D eigenvalue weighted by Crippen LogP contribution is -2.31. The molecular weight excluding hydrogens is 233 g/mol. The molecule has 1 aromatic rings. The number of hydrogen-bond donors (Lipinski definition) is 1. The normalized spacial score (nSPS) is 13.3. The molecule has 2 nitrogen and oxygen atoms in total. The van der Waals surface area contributed by atoms with Gasteiger partial charge >= 0.3 is 0 Å². The van der Waals surface area contributed by atoms with Crippen LogP contribution in [-0.4, -0.2) is 17.5 Å². The maximum absolute atomic E-state index is 12.1. The van der Waals surface area contributed by atoms with Gasteiger partial charge in [-0.1, -0.05) is 23.2 Å². The Kier molecular flexibility index (Phi) is 4.04. The summed E-state index contributed by atoms with van der Waals surface area (Å²) in [5, 5.41) is 0.537. The molecule has 1 atom stereocenters. The van der Waals surface area contributed by atoms with Gasteiger partial charge in [-0.15, -0.1) is 0 Å². The van der Waals surface area contributed by atoms with Crippen LogP contribution in [0.15, 0.2) is 12.1 Å². The highest BCUT2D eigenvalue weighted by Crippen LogP contribution is 2.17. The van der Waals surface area contributed by atoms with E-state index in [0.717, 1.165) is 0 Å². The number of nitrogens with zero attached hydrogens (tertiary/aromatic N) is 1. The van der Waals surface area contributed by atoms with Gasteiger partial charge < -0.3 is 5.73 Å². The van der Waals surface area contributed by atoms with Crippen molar-refractivity contribution in [2.45, 2.75) is 18.9 Å². The lowest BCUT2D eigenvalue weighted by atomic mass is 10.1.